The minimum absolute atomic E-state index is 0.115. The second-order valence-corrected chi connectivity index (χ2v) is 5.39. The van der Waals surface area contributed by atoms with Gasteiger partial charge in [-0.1, -0.05) is 18.2 Å². The van der Waals surface area contributed by atoms with Crippen LogP contribution in [-0.4, -0.2) is 29.7 Å². The first-order valence-electron chi connectivity index (χ1n) is 6.67. The number of nitrogens with one attached hydrogen (secondary N) is 1. The van der Waals surface area contributed by atoms with Gasteiger partial charge >= 0.3 is 5.97 Å². The molecule has 0 bridgehead atoms. The molecule has 0 aliphatic heterocycles. The molecule has 0 fully saturated rings. The average molecular weight is 316 g/mol. The van der Waals surface area contributed by atoms with Crippen molar-refractivity contribution in [1.82, 2.24) is 10.3 Å². The number of ether oxygens (including phenoxy) is 1. The third-order valence-corrected chi connectivity index (χ3v) is 3.92. The lowest BCUT2D eigenvalue weighted by molar-refractivity contribution is -0.118. The van der Waals surface area contributed by atoms with Crippen LogP contribution in [0.5, 0.6) is 0 Å². The fourth-order valence-corrected chi connectivity index (χ4v) is 2.63. The number of nitrogens with zero attached hydrogens (tertiary/aromatic N) is 1. The molecular weight excluding hydrogens is 300 g/mol. The van der Waals surface area contributed by atoms with E-state index < -0.39 is 5.97 Å². The SMILES string of the molecule is COC(=O)c1ccccc1SCC(=O)NCc1ccccn1. The van der Waals surface area contributed by atoms with E-state index in [-0.39, 0.29) is 11.7 Å². The van der Waals surface area contributed by atoms with Crippen LogP contribution in [0.2, 0.25) is 0 Å². The van der Waals surface area contributed by atoms with Crippen LogP contribution in [0.3, 0.4) is 0 Å². The Morgan fingerprint density at radius 1 is 1.18 bits per heavy atom. The predicted octanol–water partition coefficient (Wildman–Crippen LogP) is 2.28. The monoisotopic (exact) mass is 316 g/mol. The van der Waals surface area contributed by atoms with Crippen molar-refractivity contribution in [1.29, 1.82) is 0 Å². The molecule has 0 saturated carbocycles. The van der Waals surface area contributed by atoms with E-state index in [9.17, 15) is 9.59 Å². The van der Waals surface area contributed by atoms with E-state index in [2.05, 4.69) is 10.3 Å². The van der Waals surface area contributed by atoms with Crippen LogP contribution in [0.15, 0.2) is 53.6 Å². The summed E-state index contributed by atoms with van der Waals surface area (Å²) >= 11 is 1.30. The number of amides is 1. The van der Waals surface area contributed by atoms with Gasteiger partial charge in [-0.3, -0.25) is 9.78 Å². The first kappa shape index (κ1) is 16.0. The number of aromatic nitrogens is 1. The van der Waals surface area contributed by atoms with Gasteiger partial charge in [0.05, 0.1) is 30.7 Å². The number of carbonyl (C=O) groups excluding carboxylic acids is 2. The Balaban J connectivity index is 1.87. The number of hydrogen-bond acceptors (Lipinski definition) is 5. The van der Waals surface area contributed by atoms with Gasteiger partial charge in [-0.15, -0.1) is 11.8 Å². The first-order valence-corrected chi connectivity index (χ1v) is 7.66. The topological polar surface area (TPSA) is 68.3 Å². The molecular formula is C16H16N2O3S. The fraction of sp³-hybridized carbons (Fsp3) is 0.188. The number of esters is 1. The summed E-state index contributed by atoms with van der Waals surface area (Å²) in [5.74, 6) is -0.298. The van der Waals surface area contributed by atoms with E-state index in [4.69, 9.17) is 4.74 Å². The molecule has 114 valence electrons. The van der Waals surface area contributed by atoms with Crippen molar-refractivity contribution in [3.8, 4) is 0 Å². The van der Waals surface area contributed by atoms with Crippen LogP contribution < -0.4 is 5.32 Å². The maximum atomic E-state index is 11.9. The Hall–Kier alpha value is -2.34. The Labute approximate surface area is 133 Å². The zero-order chi connectivity index (χ0) is 15.8. The second kappa shape index (κ2) is 8.19. The maximum Gasteiger partial charge on any atom is 0.338 e. The molecule has 2 rings (SSSR count). The van der Waals surface area contributed by atoms with Crippen LogP contribution >= 0.6 is 11.8 Å². The van der Waals surface area contributed by atoms with Crippen LogP contribution in [0.1, 0.15) is 16.1 Å². The lowest BCUT2D eigenvalue weighted by Gasteiger charge is -2.08. The van der Waals surface area contributed by atoms with Crippen LogP contribution in [0, 0.1) is 0 Å². The highest BCUT2D eigenvalue weighted by Crippen LogP contribution is 2.23. The smallest absolute Gasteiger partial charge is 0.338 e. The number of rotatable bonds is 6. The number of pyridine rings is 1. The molecule has 0 spiro atoms. The quantitative estimate of drug-likeness (QED) is 0.654. The third kappa shape index (κ3) is 4.60. The van der Waals surface area contributed by atoms with E-state index >= 15 is 0 Å². The second-order valence-electron chi connectivity index (χ2n) is 4.37. The van der Waals surface area contributed by atoms with Crippen molar-refractivity contribution in [3.63, 3.8) is 0 Å². The molecule has 0 saturated heterocycles. The fourth-order valence-electron chi connectivity index (χ4n) is 1.76. The highest BCUT2D eigenvalue weighted by molar-refractivity contribution is 8.00. The highest BCUT2D eigenvalue weighted by Gasteiger charge is 2.12. The van der Waals surface area contributed by atoms with Crippen molar-refractivity contribution in [3.05, 3.63) is 59.9 Å². The van der Waals surface area contributed by atoms with Gasteiger partial charge in [0.15, 0.2) is 0 Å². The van der Waals surface area contributed by atoms with Crippen molar-refractivity contribution in [2.75, 3.05) is 12.9 Å². The molecule has 22 heavy (non-hydrogen) atoms. The van der Waals surface area contributed by atoms with Gasteiger partial charge in [-0.2, -0.15) is 0 Å². The summed E-state index contributed by atoms with van der Waals surface area (Å²) in [4.78, 5) is 28.4. The van der Waals surface area contributed by atoms with E-state index in [0.29, 0.717) is 12.1 Å². The van der Waals surface area contributed by atoms with E-state index in [0.717, 1.165) is 10.6 Å². The number of methoxy groups -OCH3 is 1. The lowest BCUT2D eigenvalue weighted by atomic mass is 10.2. The summed E-state index contributed by atoms with van der Waals surface area (Å²) in [5.41, 5.74) is 1.27. The molecule has 2 aromatic rings. The molecule has 0 radical (unpaired) electrons. The lowest BCUT2D eigenvalue weighted by Crippen LogP contribution is -2.25. The van der Waals surface area contributed by atoms with Crippen molar-refractivity contribution in [2.45, 2.75) is 11.4 Å². The molecule has 0 aliphatic rings. The summed E-state index contributed by atoms with van der Waals surface area (Å²) in [6, 6.07) is 12.6. The van der Waals surface area contributed by atoms with Gasteiger partial charge in [-0.25, -0.2) is 4.79 Å². The zero-order valence-corrected chi connectivity index (χ0v) is 12.9. The summed E-state index contributed by atoms with van der Waals surface area (Å²) in [6.45, 7) is 0.388. The van der Waals surface area contributed by atoms with Crippen LogP contribution in [0.4, 0.5) is 0 Å². The average Bonchev–Trinajstić information content (AvgIpc) is 2.58. The van der Waals surface area contributed by atoms with Gasteiger partial charge in [0, 0.05) is 11.1 Å². The van der Waals surface area contributed by atoms with Crippen molar-refractivity contribution in [2.24, 2.45) is 0 Å². The van der Waals surface area contributed by atoms with Gasteiger partial charge in [-0.05, 0) is 24.3 Å². The van der Waals surface area contributed by atoms with Gasteiger partial charge in [0.25, 0.3) is 0 Å². The predicted molar refractivity (Wildman–Crippen MR) is 84.6 cm³/mol. The Bertz CT molecular complexity index is 647. The molecule has 1 amide bonds. The molecule has 5 nitrogen and oxygen atoms in total. The number of hydrogen-bond donors (Lipinski definition) is 1. The van der Waals surface area contributed by atoms with Crippen molar-refractivity contribution >= 4 is 23.6 Å². The van der Waals surface area contributed by atoms with E-state index in [1.165, 1.54) is 18.9 Å². The molecule has 0 atom stereocenters. The van der Waals surface area contributed by atoms with Crippen LogP contribution in [-0.2, 0) is 16.1 Å². The Morgan fingerprint density at radius 2 is 1.95 bits per heavy atom. The summed E-state index contributed by atoms with van der Waals surface area (Å²) in [7, 11) is 1.34. The molecule has 6 heteroatoms. The molecule has 1 aromatic heterocycles. The summed E-state index contributed by atoms with van der Waals surface area (Å²) in [5, 5.41) is 2.79. The first-order chi connectivity index (χ1) is 10.7. The standard InChI is InChI=1S/C16H16N2O3S/c1-21-16(20)13-7-2-3-8-14(13)22-11-15(19)18-10-12-6-4-5-9-17-12/h2-9H,10-11H2,1H3,(H,18,19). The number of thioether (sulfide) groups is 1. The summed E-state index contributed by atoms with van der Waals surface area (Å²) < 4.78 is 4.73. The minimum atomic E-state index is -0.406. The third-order valence-electron chi connectivity index (χ3n) is 2.84. The largest absolute Gasteiger partial charge is 0.465 e. The van der Waals surface area contributed by atoms with Crippen LogP contribution in [0.25, 0.3) is 0 Å². The minimum Gasteiger partial charge on any atom is -0.465 e. The van der Waals surface area contributed by atoms with Gasteiger partial charge in [0.2, 0.25) is 5.91 Å². The molecule has 1 aromatic carbocycles. The zero-order valence-electron chi connectivity index (χ0n) is 12.1. The molecule has 0 unspecified atom stereocenters. The normalized spacial score (nSPS) is 10.0. The molecule has 1 heterocycles. The Morgan fingerprint density at radius 3 is 2.68 bits per heavy atom. The van der Waals surface area contributed by atoms with E-state index in [1.807, 2.05) is 24.3 Å². The van der Waals surface area contributed by atoms with Gasteiger partial charge in [0.1, 0.15) is 0 Å². The number of benzene rings is 1. The number of carbonyl (C=O) groups is 2. The maximum absolute atomic E-state index is 11.9. The molecule has 0 aliphatic carbocycles. The van der Waals surface area contributed by atoms with Gasteiger partial charge < -0.3 is 10.1 Å². The van der Waals surface area contributed by atoms with E-state index in [1.54, 1.807) is 24.4 Å². The molecule has 1 N–H and O–H groups in total. The van der Waals surface area contributed by atoms with Crippen molar-refractivity contribution < 1.29 is 14.3 Å². The highest BCUT2D eigenvalue weighted by atomic mass is 32.2. The Kier molecular flexibility index (Phi) is 5.97. The summed E-state index contributed by atoms with van der Waals surface area (Å²) in [6.07, 6.45) is 1.68.